The van der Waals surface area contributed by atoms with Crippen molar-refractivity contribution in [2.75, 3.05) is 0 Å². The number of amides is 1. The monoisotopic (exact) mass is 333 g/mol. The van der Waals surface area contributed by atoms with E-state index in [1.54, 1.807) is 0 Å². The highest BCUT2D eigenvalue weighted by Gasteiger charge is 2.37. The second-order valence-corrected chi connectivity index (χ2v) is 6.23. The zero-order valence-corrected chi connectivity index (χ0v) is 12.8. The van der Waals surface area contributed by atoms with Gasteiger partial charge in [0.05, 0.1) is 16.8 Å². The summed E-state index contributed by atoms with van der Waals surface area (Å²) in [6, 6.07) is 2.71. The van der Waals surface area contributed by atoms with Crippen molar-refractivity contribution in [1.82, 2.24) is 9.97 Å². The molecule has 0 aromatic carbocycles. The highest BCUT2D eigenvalue weighted by Crippen LogP contribution is 2.43. The summed E-state index contributed by atoms with van der Waals surface area (Å²) >= 11 is 5.78. The molecule has 2 atom stereocenters. The summed E-state index contributed by atoms with van der Waals surface area (Å²) in [7, 11) is 0. The van der Waals surface area contributed by atoms with Crippen LogP contribution in [0.1, 0.15) is 40.7 Å². The molecule has 2 N–H and O–H groups in total. The number of fused-ring (bicyclic) bond motifs is 4. The SMILES string of the molecule is NC(=O)c1cc(-c2ncc(Cl)cc2F)c2c(n1)[C@H]1CC[C@@H](C2)O1. The molecule has 5 nitrogen and oxygen atoms in total. The van der Waals surface area contributed by atoms with Crippen LogP contribution in [0.15, 0.2) is 18.3 Å². The molecule has 4 heterocycles. The molecule has 0 aliphatic carbocycles. The van der Waals surface area contributed by atoms with Crippen molar-refractivity contribution in [3.05, 3.63) is 46.1 Å². The van der Waals surface area contributed by atoms with Crippen molar-refractivity contribution in [1.29, 1.82) is 0 Å². The fraction of sp³-hybridized carbons (Fsp3) is 0.312. The van der Waals surface area contributed by atoms with E-state index in [-0.39, 0.29) is 28.6 Å². The molecule has 23 heavy (non-hydrogen) atoms. The summed E-state index contributed by atoms with van der Waals surface area (Å²) < 4.78 is 20.2. The van der Waals surface area contributed by atoms with Crippen molar-refractivity contribution >= 4 is 17.5 Å². The molecule has 0 spiro atoms. The fourth-order valence-corrected chi connectivity index (χ4v) is 3.45. The van der Waals surface area contributed by atoms with E-state index in [2.05, 4.69) is 9.97 Å². The molecule has 0 unspecified atom stereocenters. The molecule has 4 rings (SSSR count). The zero-order valence-electron chi connectivity index (χ0n) is 12.1. The lowest BCUT2D eigenvalue weighted by Crippen LogP contribution is -2.23. The van der Waals surface area contributed by atoms with Crippen LogP contribution in [-0.2, 0) is 11.2 Å². The first-order valence-corrected chi connectivity index (χ1v) is 7.71. The van der Waals surface area contributed by atoms with Gasteiger partial charge in [-0.2, -0.15) is 0 Å². The minimum absolute atomic E-state index is 0.0869. The molecular weight excluding hydrogens is 321 g/mol. The maximum Gasteiger partial charge on any atom is 0.267 e. The van der Waals surface area contributed by atoms with Crippen LogP contribution >= 0.6 is 11.6 Å². The van der Waals surface area contributed by atoms with Gasteiger partial charge in [-0.05, 0) is 30.5 Å². The molecule has 1 fully saturated rings. The van der Waals surface area contributed by atoms with Crippen molar-refractivity contribution in [3.63, 3.8) is 0 Å². The third-order valence-electron chi connectivity index (χ3n) is 4.32. The summed E-state index contributed by atoms with van der Waals surface area (Å²) in [4.78, 5) is 20.0. The molecule has 1 saturated heterocycles. The summed E-state index contributed by atoms with van der Waals surface area (Å²) in [5, 5.41) is 0.215. The van der Waals surface area contributed by atoms with Gasteiger partial charge in [0.15, 0.2) is 5.82 Å². The van der Waals surface area contributed by atoms with Gasteiger partial charge in [0.2, 0.25) is 0 Å². The first-order valence-electron chi connectivity index (χ1n) is 7.33. The average Bonchev–Trinajstić information content (AvgIpc) is 2.89. The number of rotatable bonds is 2. The number of pyridine rings is 2. The molecule has 0 radical (unpaired) electrons. The first-order chi connectivity index (χ1) is 11.0. The Kier molecular flexibility index (Phi) is 3.32. The van der Waals surface area contributed by atoms with Gasteiger partial charge in [-0.1, -0.05) is 11.6 Å². The van der Waals surface area contributed by atoms with Crippen LogP contribution in [0.4, 0.5) is 4.39 Å². The predicted molar refractivity (Wildman–Crippen MR) is 81.5 cm³/mol. The quantitative estimate of drug-likeness (QED) is 0.916. The molecule has 2 aromatic heterocycles. The summed E-state index contributed by atoms with van der Waals surface area (Å²) in [6.45, 7) is 0. The number of primary amides is 1. The van der Waals surface area contributed by atoms with Crippen LogP contribution in [0.25, 0.3) is 11.3 Å². The van der Waals surface area contributed by atoms with Crippen molar-refractivity contribution in [2.45, 2.75) is 31.5 Å². The van der Waals surface area contributed by atoms with E-state index in [4.69, 9.17) is 22.1 Å². The van der Waals surface area contributed by atoms with Gasteiger partial charge in [-0.15, -0.1) is 0 Å². The van der Waals surface area contributed by atoms with E-state index in [1.165, 1.54) is 18.3 Å². The largest absolute Gasteiger partial charge is 0.368 e. The van der Waals surface area contributed by atoms with Gasteiger partial charge in [0, 0.05) is 18.2 Å². The van der Waals surface area contributed by atoms with Gasteiger partial charge < -0.3 is 10.5 Å². The van der Waals surface area contributed by atoms with E-state index in [0.717, 1.165) is 18.4 Å². The van der Waals surface area contributed by atoms with E-state index in [1.807, 2.05) is 0 Å². The lowest BCUT2D eigenvalue weighted by molar-refractivity contribution is 0.0295. The van der Waals surface area contributed by atoms with E-state index >= 15 is 0 Å². The molecule has 1 amide bonds. The number of ether oxygens (including phenoxy) is 1. The van der Waals surface area contributed by atoms with Crippen LogP contribution in [-0.4, -0.2) is 22.0 Å². The van der Waals surface area contributed by atoms with Crippen molar-refractivity contribution < 1.29 is 13.9 Å². The Morgan fingerprint density at radius 1 is 1.39 bits per heavy atom. The van der Waals surface area contributed by atoms with Gasteiger partial charge in [-0.25, -0.2) is 9.37 Å². The number of halogens is 2. The Labute approximate surface area is 136 Å². The number of nitrogens with zero attached hydrogens (tertiary/aromatic N) is 2. The Morgan fingerprint density at radius 2 is 2.22 bits per heavy atom. The molecule has 2 bridgehead atoms. The maximum atomic E-state index is 14.3. The second-order valence-electron chi connectivity index (χ2n) is 5.80. The minimum Gasteiger partial charge on any atom is -0.368 e. The molecular formula is C16H13ClFN3O2. The summed E-state index contributed by atoms with van der Waals surface area (Å²) in [5.74, 6) is -1.20. The number of aromatic nitrogens is 2. The number of hydrogen-bond donors (Lipinski definition) is 1. The lowest BCUT2D eigenvalue weighted by Gasteiger charge is -2.25. The summed E-state index contributed by atoms with van der Waals surface area (Å²) in [6.07, 6.45) is 3.69. The van der Waals surface area contributed by atoms with Gasteiger partial charge >= 0.3 is 0 Å². The maximum absolute atomic E-state index is 14.3. The van der Waals surface area contributed by atoms with E-state index in [9.17, 15) is 9.18 Å². The van der Waals surface area contributed by atoms with E-state index in [0.29, 0.717) is 17.7 Å². The van der Waals surface area contributed by atoms with E-state index < -0.39 is 11.7 Å². The molecule has 0 saturated carbocycles. The third-order valence-corrected chi connectivity index (χ3v) is 4.52. The normalized spacial score (nSPS) is 22.0. The molecule has 2 aliphatic rings. The first kappa shape index (κ1) is 14.5. The minimum atomic E-state index is -0.663. The average molecular weight is 334 g/mol. The van der Waals surface area contributed by atoms with Crippen molar-refractivity contribution in [2.24, 2.45) is 5.73 Å². The smallest absolute Gasteiger partial charge is 0.267 e. The number of hydrogen-bond acceptors (Lipinski definition) is 4. The highest BCUT2D eigenvalue weighted by molar-refractivity contribution is 6.30. The Balaban J connectivity index is 1.97. The third kappa shape index (κ3) is 2.38. The van der Waals surface area contributed by atoms with Crippen LogP contribution in [0.5, 0.6) is 0 Å². The van der Waals surface area contributed by atoms with Crippen LogP contribution < -0.4 is 5.73 Å². The van der Waals surface area contributed by atoms with Crippen LogP contribution in [0, 0.1) is 5.82 Å². The van der Waals surface area contributed by atoms with Crippen molar-refractivity contribution in [3.8, 4) is 11.3 Å². The Bertz CT molecular complexity index is 827. The number of nitrogens with two attached hydrogens (primary N) is 1. The zero-order chi connectivity index (χ0) is 16.1. The topological polar surface area (TPSA) is 78.1 Å². The van der Waals surface area contributed by atoms with Crippen LogP contribution in [0.2, 0.25) is 5.02 Å². The van der Waals surface area contributed by atoms with Gasteiger partial charge in [0.1, 0.15) is 17.5 Å². The molecule has 118 valence electrons. The molecule has 2 aliphatic heterocycles. The summed E-state index contributed by atoms with van der Waals surface area (Å²) in [5.41, 5.74) is 7.70. The fourth-order valence-electron chi connectivity index (χ4n) is 3.31. The lowest BCUT2D eigenvalue weighted by atomic mass is 9.94. The Hall–Kier alpha value is -2.05. The number of carbonyl (C=O) groups is 1. The van der Waals surface area contributed by atoms with Crippen LogP contribution in [0.3, 0.4) is 0 Å². The van der Waals surface area contributed by atoms with Gasteiger partial charge in [-0.3, -0.25) is 9.78 Å². The Morgan fingerprint density at radius 3 is 2.96 bits per heavy atom. The molecule has 7 heteroatoms. The predicted octanol–water partition coefficient (Wildman–Crippen LogP) is 2.81. The second kappa shape index (κ2) is 5.25. The standard InChI is InChI=1S/C16H13ClFN3O2/c17-7-3-11(18)14(20-6-7)10-5-12(16(19)22)21-15-9(10)4-8-1-2-13(15)23-8/h3,5-6,8,13H,1-2,4H2,(H2,19,22)/t8-,13+/m0/s1. The van der Waals surface area contributed by atoms with Gasteiger partial charge in [0.25, 0.3) is 5.91 Å². The number of carbonyl (C=O) groups excluding carboxylic acids is 1. The molecule has 2 aromatic rings. The highest BCUT2D eigenvalue weighted by atomic mass is 35.5.